The van der Waals surface area contributed by atoms with Gasteiger partial charge in [0.25, 0.3) is 0 Å². The van der Waals surface area contributed by atoms with E-state index in [9.17, 15) is 4.79 Å². The van der Waals surface area contributed by atoms with Crippen molar-refractivity contribution in [2.24, 2.45) is 0 Å². The van der Waals surface area contributed by atoms with Gasteiger partial charge in [0.2, 0.25) is 0 Å². The molecule has 1 aromatic rings. The maximum atomic E-state index is 11.4. The molecule has 0 fully saturated rings. The van der Waals surface area contributed by atoms with Crippen molar-refractivity contribution in [3.8, 4) is 6.07 Å². The third-order valence-corrected chi connectivity index (χ3v) is 3.30. The van der Waals surface area contributed by atoms with E-state index in [0.717, 1.165) is 11.1 Å². The fraction of sp³-hybridized carbons (Fsp3) is 0.333. The second kappa shape index (κ2) is 6.67. The van der Waals surface area contributed by atoms with Gasteiger partial charge in [0, 0.05) is 10.2 Å². The third kappa shape index (κ3) is 3.76. The molecule has 0 aliphatic heterocycles. The third-order valence-electron chi connectivity index (χ3n) is 2.17. The van der Waals surface area contributed by atoms with Gasteiger partial charge in [0.1, 0.15) is 6.07 Å². The summed E-state index contributed by atoms with van der Waals surface area (Å²) in [5.74, 6) is -0.288. The average Bonchev–Trinajstić information content (AvgIpc) is 2.31. The van der Waals surface area contributed by atoms with Gasteiger partial charge in [-0.3, -0.25) is 4.79 Å². The number of nitrogens with zero attached hydrogens (tertiary/aromatic N) is 1. The minimum Gasteiger partial charge on any atom is -0.466 e. The molecule has 0 saturated heterocycles. The first-order valence-corrected chi connectivity index (χ1v) is 6.65. The second-order valence-electron chi connectivity index (χ2n) is 3.38. The number of carbonyl (C=O) groups excluding carboxylic acids is 1. The largest absolute Gasteiger partial charge is 0.466 e. The van der Waals surface area contributed by atoms with Gasteiger partial charge in [-0.2, -0.15) is 5.26 Å². The van der Waals surface area contributed by atoms with Gasteiger partial charge >= 0.3 is 5.97 Å². The Bertz CT molecular complexity index is 468. The number of ether oxygens (including phenoxy) is 1. The molecule has 5 heteroatoms. The Morgan fingerprint density at radius 3 is 2.82 bits per heavy atom. The summed E-state index contributed by atoms with van der Waals surface area (Å²) in [6.45, 7) is 2.12. The fourth-order valence-corrected chi connectivity index (χ4v) is 2.35. The van der Waals surface area contributed by atoms with Crippen molar-refractivity contribution in [2.45, 2.75) is 23.6 Å². The molecule has 0 bridgehead atoms. The van der Waals surface area contributed by atoms with Crippen LogP contribution < -0.4 is 0 Å². The Morgan fingerprint density at radius 2 is 2.29 bits per heavy atom. The minimum absolute atomic E-state index is 0.177. The lowest BCUT2D eigenvalue weighted by molar-refractivity contribution is -0.142. The normalized spacial score (nSPS) is 9.76. The second-order valence-corrected chi connectivity index (χ2v) is 4.39. The highest BCUT2D eigenvalue weighted by Gasteiger charge is 2.10. The molecule has 1 rings (SSSR count). The SMILES string of the molecule is CCOC(=O)Cc1cc(C#N)c(S)c(CBr)c1. The molecular weight excluding hydrogens is 302 g/mol. The molecule has 0 N–H and O–H groups in total. The Kier molecular flexibility index (Phi) is 5.52. The van der Waals surface area contributed by atoms with E-state index < -0.39 is 0 Å². The van der Waals surface area contributed by atoms with Crippen molar-refractivity contribution in [1.82, 2.24) is 0 Å². The maximum absolute atomic E-state index is 11.4. The molecule has 0 saturated carbocycles. The van der Waals surface area contributed by atoms with E-state index in [1.165, 1.54) is 0 Å². The monoisotopic (exact) mass is 313 g/mol. The number of carbonyl (C=O) groups is 1. The van der Waals surface area contributed by atoms with Gasteiger partial charge in [-0.25, -0.2) is 0 Å². The molecule has 0 unspecified atom stereocenters. The predicted molar refractivity (Wildman–Crippen MR) is 71.4 cm³/mol. The number of benzene rings is 1. The maximum Gasteiger partial charge on any atom is 0.310 e. The zero-order valence-electron chi connectivity index (χ0n) is 9.36. The summed E-state index contributed by atoms with van der Waals surface area (Å²) in [6, 6.07) is 5.59. The predicted octanol–water partition coefficient (Wildman–Crippen LogP) is 2.85. The van der Waals surface area contributed by atoms with Crippen LogP contribution in [0.15, 0.2) is 17.0 Å². The van der Waals surface area contributed by atoms with Crippen LogP contribution in [0.2, 0.25) is 0 Å². The summed E-state index contributed by atoms with van der Waals surface area (Å²) in [5.41, 5.74) is 2.14. The molecule has 0 atom stereocenters. The van der Waals surface area contributed by atoms with Crippen molar-refractivity contribution in [1.29, 1.82) is 5.26 Å². The number of alkyl halides is 1. The lowest BCUT2D eigenvalue weighted by Crippen LogP contribution is -2.08. The van der Waals surface area contributed by atoms with Gasteiger partial charge in [-0.15, -0.1) is 12.6 Å². The van der Waals surface area contributed by atoms with Crippen LogP contribution in [0.3, 0.4) is 0 Å². The summed E-state index contributed by atoms with van der Waals surface area (Å²) in [5, 5.41) is 9.56. The lowest BCUT2D eigenvalue weighted by atomic mass is 10.0. The van der Waals surface area contributed by atoms with E-state index in [-0.39, 0.29) is 12.4 Å². The lowest BCUT2D eigenvalue weighted by Gasteiger charge is -2.08. The summed E-state index contributed by atoms with van der Waals surface area (Å²) in [7, 11) is 0. The molecular formula is C12H12BrNO2S. The Labute approximate surface area is 114 Å². The van der Waals surface area contributed by atoms with Gasteiger partial charge in [0.15, 0.2) is 0 Å². The van der Waals surface area contributed by atoms with Crippen molar-refractivity contribution in [3.05, 3.63) is 28.8 Å². The summed E-state index contributed by atoms with van der Waals surface area (Å²) < 4.78 is 4.87. The molecule has 0 heterocycles. The molecule has 1 aromatic carbocycles. The van der Waals surface area contributed by atoms with Crippen LogP contribution in [0.5, 0.6) is 0 Å². The smallest absolute Gasteiger partial charge is 0.310 e. The molecule has 0 spiro atoms. The summed E-state index contributed by atoms with van der Waals surface area (Å²) in [4.78, 5) is 12.0. The number of hydrogen-bond donors (Lipinski definition) is 1. The standard InChI is InChI=1S/C12H12BrNO2S/c1-2-16-11(15)5-8-3-9(6-13)12(17)10(4-8)7-14/h3-4,17H,2,5-6H2,1H3. The van der Waals surface area contributed by atoms with E-state index >= 15 is 0 Å². The highest BCUT2D eigenvalue weighted by atomic mass is 79.9. The van der Waals surface area contributed by atoms with Crippen LogP contribution in [0.1, 0.15) is 23.6 Å². The van der Waals surface area contributed by atoms with Crippen LogP contribution in [-0.4, -0.2) is 12.6 Å². The molecule has 0 amide bonds. The minimum atomic E-state index is -0.288. The highest BCUT2D eigenvalue weighted by Crippen LogP contribution is 2.23. The average molecular weight is 314 g/mol. The van der Waals surface area contributed by atoms with E-state index in [1.807, 2.05) is 6.07 Å². The van der Waals surface area contributed by atoms with Gasteiger partial charge in [-0.1, -0.05) is 22.0 Å². The first-order chi connectivity index (χ1) is 8.12. The number of esters is 1. The molecule has 90 valence electrons. The molecule has 0 aromatic heterocycles. The Morgan fingerprint density at radius 1 is 1.59 bits per heavy atom. The first kappa shape index (κ1) is 14.1. The highest BCUT2D eigenvalue weighted by molar-refractivity contribution is 9.08. The number of thiol groups is 1. The zero-order valence-corrected chi connectivity index (χ0v) is 11.8. The van der Waals surface area contributed by atoms with Gasteiger partial charge < -0.3 is 4.74 Å². The van der Waals surface area contributed by atoms with Crippen LogP contribution in [-0.2, 0) is 21.3 Å². The van der Waals surface area contributed by atoms with Crippen molar-refractivity contribution < 1.29 is 9.53 Å². The fourth-order valence-electron chi connectivity index (χ4n) is 1.43. The van der Waals surface area contributed by atoms with E-state index in [0.29, 0.717) is 22.4 Å². The van der Waals surface area contributed by atoms with Crippen molar-refractivity contribution in [3.63, 3.8) is 0 Å². The molecule has 0 aliphatic carbocycles. The van der Waals surface area contributed by atoms with Crippen LogP contribution in [0, 0.1) is 11.3 Å². The zero-order chi connectivity index (χ0) is 12.8. The van der Waals surface area contributed by atoms with Crippen molar-refractivity contribution in [2.75, 3.05) is 6.61 Å². The van der Waals surface area contributed by atoms with E-state index in [1.54, 1.807) is 13.0 Å². The topological polar surface area (TPSA) is 50.1 Å². The molecule has 17 heavy (non-hydrogen) atoms. The molecule has 3 nitrogen and oxygen atoms in total. The van der Waals surface area contributed by atoms with Gasteiger partial charge in [-0.05, 0) is 24.1 Å². The number of nitriles is 1. The van der Waals surface area contributed by atoms with Gasteiger partial charge in [0.05, 0.1) is 18.6 Å². The van der Waals surface area contributed by atoms with Crippen molar-refractivity contribution >= 4 is 34.5 Å². The number of rotatable bonds is 4. The van der Waals surface area contributed by atoms with E-state index in [4.69, 9.17) is 10.00 Å². The summed E-state index contributed by atoms with van der Waals surface area (Å²) >= 11 is 7.61. The Hall–Kier alpha value is -0.990. The molecule has 0 radical (unpaired) electrons. The quantitative estimate of drug-likeness (QED) is 0.528. The number of hydrogen-bond acceptors (Lipinski definition) is 4. The summed E-state index contributed by atoms with van der Waals surface area (Å²) in [6.07, 6.45) is 0.177. The Balaban J connectivity index is 3.02. The molecule has 0 aliphatic rings. The van der Waals surface area contributed by atoms with Crippen LogP contribution in [0.4, 0.5) is 0 Å². The van der Waals surface area contributed by atoms with Crippen LogP contribution >= 0.6 is 28.6 Å². The number of halogens is 1. The van der Waals surface area contributed by atoms with E-state index in [2.05, 4.69) is 34.6 Å². The first-order valence-electron chi connectivity index (χ1n) is 5.08. The van der Waals surface area contributed by atoms with Crippen LogP contribution in [0.25, 0.3) is 0 Å².